The maximum Gasteiger partial charge on any atom is 0.221 e. The van der Waals surface area contributed by atoms with E-state index in [9.17, 15) is 4.79 Å². The molecule has 1 aromatic carbocycles. The molecule has 6 heteroatoms. The highest BCUT2D eigenvalue weighted by atomic mass is 35.5. The zero-order chi connectivity index (χ0) is 14.8. The molecule has 0 saturated carbocycles. The number of halogens is 2. The first-order valence-electron chi connectivity index (χ1n) is 6.12. The first-order chi connectivity index (χ1) is 10.1. The lowest BCUT2D eigenvalue weighted by molar-refractivity contribution is 0.103. The van der Waals surface area contributed by atoms with E-state index in [1.54, 1.807) is 42.6 Å². The predicted molar refractivity (Wildman–Crippen MR) is 83.7 cm³/mol. The smallest absolute Gasteiger partial charge is 0.221 e. The van der Waals surface area contributed by atoms with Gasteiger partial charge in [0.15, 0.2) is 11.5 Å². The summed E-state index contributed by atoms with van der Waals surface area (Å²) in [5, 5.41) is 0.968. The number of aromatic nitrogens is 3. The first-order valence-corrected chi connectivity index (χ1v) is 6.88. The van der Waals surface area contributed by atoms with Crippen molar-refractivity contribution in [2.75, 3.05) is 0 Å². The minimum absolute atomic E-state index is 0.225. The zero-order valence-corrected chi connectivity index (χ0v) is 12.2. The molecule has 2 heterocycles. The summed E-state index contributed by atoms with van der Waals surface area (Å²) < 4.78 is 0. The van der Waals surface area contributed by atoms with Gasteiger partial charge in [-0.25, -0.2) is 9.97 Å². The Morgan fingerprint density at radius 1 is 1.14 bits per heavy atom. The van der Waals surface area contributed by atoms with Gasteiger partial charge in [-0.05, 0) is 36.4 Å². The van der Waals surface area contributed by atoms with Gasteiger partial charge >= 0.3 is 0 Å². The molecule has 0 atom stereocenters. The van der Waals surface area contributed by atoms with Crippen LogP contribution < -0.4 is 0 Å². The van der Waals surface area contributed by atoms with E-state index in [0.29, 0.717) is 26.8 Å². The van der Waals surface area contributed by atoms with Crippen molar-refractivity contribution in [3.63, 3.8) is 0 Å². The lowest BCUT2D eigenvalue weighted by atomic mass is 10.2. The molecular weight excluding hydrogens is 309 g/mol. The number of aromatic amines is 1. The van der Waals surface area contributed by atoms with Gasteiger partial charge in [-0.15, -0.1) is 0 Å². The fourth-order valence-corrected chi connectivity index (χ4v) is 2.39. The van der Waals surface area contributed by atoms with Crippen molar-refractivity contribution in [2.45, 2.75) is 0 Å². The van der Waals surface area contributed by atoms with Crippen molar-refractivity contribution < 1.29 is 4.79 Å². The molecule has 0 amide bonds. The van der Waals surface area contributed by atoms with E-state index in [4.69, 9.17) is 23.2 Å². The van der Waals surface area contributed by atoms with Crippen molar-refractivity contribution in [1.82, 2.24) is 15.0 Å². The van der Waals surface area contributed by atoms with Crippen LogP contribution >= 0.6 is 23.2 Å². The van der Waals surface area contributed by atoms with Crippen LogP contribution in [0.4, 0.5) is 0 Å². The number of rotatable bonds is 3. The van der Waals surface area contributed by atoms with Crippen molar-refractivity contribution in [3.05, 3.63) is 64.0 Å². The molecule has 0 aliphatic rings. The molecule has 21 heavy (non-hydrogen) atoms. The number of carbonyl (C=O) groups excluding carboxylic acids is 1. The van der Waals surface area contributed by atoms with Gasteiger partial charge in [0.2, 0.25) is 5.78 Å². The van der Waals surface area contributed by atoms with Crippen molar-refractivity contribution in [3.8, 4) is 0 Å². The van der Waals surface area contributed by atoms with E-state index in [1.807, 2.05) is 0 Å². The Bertz CT molecular complexity index is 802. The number of pyridine rings is 1. The number of ketones is 1. The van der Waals surface area contributed by atoms with Gasteiger partial charge < -0.3 is 4.98 Å². The molecule has 2 aromatic heterocycles. The van der Waals surface area contributed by atoms with Crippen molar-refractivity contribution in [2.24, 2.45) is 0 Å². The Balaban J connectivity index is 1.90. The second-order valence-corrected chi connectivity index (χ2v) is 5.11. The van der Waals surface area contributed by atoms with Crippen LogP contribution in [-0.4, -0.2) is 20.7 Å². The highest BCUT2D eigenvalue weighted by Gasteiger charge is 2.09. The van der Waals surface area contributed by atoms with Crippen LogP contribution in [0.25, 0.3) is 17.2 Å². The van der Waals surface area contributed by atoms with Gasteiger partial charge in [0.1, 0.15) is 0 Å². The molecule has 104 valence electrons. The van der Waals surface area contributed by atoms with Crippen LogP contribution in [0.3, 0.4) is 0 Å². The number of fused-ring (bicyclic) bond motifs is 1. The molecule has 3 rings (SSSR count). The summed E-state index contributed by atoms with van der Waals surface area (Å²) in [6, 6.07) is 8.75. The number of benzene rings is 1. The fraction of sp³-hybridized carbons (Fsp3) is 0. The normalized spacial score (nSPS) is 11.3. The number of nitrogens with one attached hydrogen (secondary N) is 1. The Morgan fingerprint density at radius 3 is 2.62 bits per heavy atom. The highest BCUT2D eigenvalue weighted by Crippen LogP contribution is 2.25. The quantitative estimate of drug-likeness (QED) is 0.583. The minimum Gasteiger partial charge on any atom is -0.334 e. The molecule has 0 aliphatic heterocycles. The lowest BCUT2D eigenvalue weighted by Crippen LogP contribution is -1.96. The second kappa shape index (κ2) is 5.68. The standard InChI is InChI=1S/C15H9Cl2N3O/c16-10-3-1-4-11(17)9(10)6-7-13(21)15-19-12-5-2-8-18-14(12)20-15/h1-8H,(H,18,19,20)/b7-6+. The van der Waals surface area contributed by atoms with Gasteiger partial charge in [0, 0.05) is 21.8 Å². The Labute approximate surface area is 130 Å². The van der Waals surface area contributed by atoms with Crippen LogP contribution in [0.2, 0.25) is 10.0 Å². The average Bonchev–Trinajstić information content (AvgIpc) is 2.90. The Hall–Kier alpha value is -2.17. The molecule has 3 aromatic rings. The van der Waals surface area contributed by atoms with Crippen molar-refractivity contribution >= 4 is 46.2 Å². The molecular formula is C15H9Cl2N3O. The van der Waals surface area contributed by atoms with Crippen LogP contribution in [0.15, 0.2) is 42.6 Å². The molecule has 4 nitrogen and oxygen atoms in total. The molecule has 0 aliphatic carbocycles. The summed E-state index contributed by atoms with van der Waals surface area (Å²) in [6.07, 6.45) is 4.58. The van der Waals surface area contributed by atoms with E-state index < -0.39 is 0 Å². The maximum atomic E-state index is 12.1. The third kappa shape index (κ3) is 2.82. The molecule has 0 fully saturated rings. The zero-order valence-electron chi connectivity index (χ0n) is 10.7. The van der Waals surface area contributed by atoms with E-state index in [0.717, 1.165) is 0 Å². The number of carbonyl (C=O) groups is 1. The Morgan fingerprint density at radius 2 is 1.90 bits per heavy atom. The maximum absolute atomic E-state index is 12.1. The molecule has 0 saturated heterocycles. The van der Waals surface area contributed by atoms with Crippen LogP contribution in [0.1, 0.15) is 16.2 Å². The topological polar surface area (TPSA) is 58.6 Å². The van der Waals surface area contributed by atoms with Crippen LogP contribution in [0, 0.1) is 0 Å². The Kier molecular flexibility index (Phi) is 3.73. The van der Waals surface area contributed by atoms with Crippen LogP contribution in [0.5, 0.6) is 0 Å². The largest absolute Gasteiger partial charge is 0.334 e. The minimum atomic E-state index is -0.274. The number of hydrogen-bond donors (Lipinski definition) is 1. The summed E-state index contributed by atoms with van der Waals surface area (Å²) in [5.74, 6) is -0.0490. The number of nitrogens with zero attached hydrogens (tertiary/aromatic N) is 2. The number of hydrogen-bond acceptors (Lipinski definition) is 3. The number of imidazole rings is 1. The molecule has 0 unspecified atom stereocenters. The summed E-state index contributed by atoms with van der Waals surface area (Å²) in [5.41, 5.74) is 1.82. The molecule has 0 radical (unpaired) electrons. The summed E-state index contributed by atoms with van der Waals surface area (Å²) in [6.45, 7) is 0. The summed E-state index contributed by atoms with van der Waals surface area (Å²) in [7, 11) is 0. The van der Waals surface area contributed by atoms with Gasteiger partial charge in [0.25, 0.3) is 0 Å². The summed E-state index contributed by atoms with van der Waals surface area (Å²) in [4.78, 5) is 23.2. The average molecular weight is 318 g/mol. The van der Waals surface area contributed by atoms with Crippen LogP contribution in [-0.2, 0) is 0 Å². The second-order valence-electron chi connectivity index (χ2n) is 4.29. The molecule has 1 N–H and O–H groups in total. The van der Waals surface area contributed by atoms with E-state index in [-0.39, 0.29) is 11.6 Å². The molecule has 0 spiro atoms. The van der Waals surface area contributed by atoms with E-state index in [2.05, 4.69) is 15.0 Å². The van der Waals surface area contributed by atoms with Gasteiger partial charge in [-0.1, -0.05) is 29.3 Å². The third-order valence-electron chi connectivity index (χ3n) is 2.89. The predicted octanol–water partition coefficient (Wildman–Crippen LogP) is 4.16. The van der Waals surface area contributed by atoms with E-state index in [1.165, 1.54) is 6.08 Å². The monoisotopic (exact) mass is 317 g/mol. The lowest BCUT2D eigenvalue weighted by Gasteiger charge is -1.99. The van der Waals surface area contributed by atoms with Crippen molar-refractivity contribution in [1.29, 1.82) is 0 Å². The fourth-order valence-electron chi connectivity index (χ4n) is 1.87. The molecule has 0 bridgehead atoms. The highest BCUT2D eigenvalue weighted by molar-refractivity contribution is 6.37. The number of H-pyrrole nitrogens is 1. The van der Waals surface area contributed by atoms with Gasteiger partial charge in [0.05, 0.1) is 5.52 Å². The summed E-state index contributed by atoms with van der Waals surface area (Å²) >= 11 is 12.1. The van der Waals surface area contributed by atoms with E-state index >= 15 is 0 Å². The SMILES string of the molecule is O=C(/C=C/c1c(Cl)cccc1Cl)c1nc2ncccc2[nH]1. The number of allylic oxidation sites excluding steroid dienone is 1. The first kappa shape index (κ1) is 13.8. The third-order valence-corrected chi connectivity index (χ3v) is 3.55. The van der Waals surface area contributed by atoms with Gasteiger partial charge in [-0.3, -0.25) is 4.79 Å². The van der Waals surface area contributed by atoms with Gasteiger partial charge in [-0.2, -0.15) is 0 Å².